The van der Waals surface area contributed by atoms with Crippen molar-refractivity contribution in [2.45, 2.75) is 6.92 Å². The lowest BCUT2D eigenvalue weighted by molar-refractivity contribution is -0.135. The van der Waals surface area contributed by atoms with E-state index in [1.807, 2.05) is 6.92 Å². The molecule has 1 aromatic heterocycles. The fraction of sp³-hybridized carbons (Fsp3) is 0.333. The van der Waals surface area contributed by atoms with Crippen LogP contribution in [0, 0.1) is 6.92 Å². The maximum atomic E-state index is 10.5. The van der Waals surface area contributed by atoms with Gasteiger partial charge in [0.25, 0.3) is 0 Å². The summed E-state index contributed by atoms with van der Waals surface area (Å²) in [4.78, 5) is 16.0. The van der Waals surface area contributed by atoms with Crippen LogP contribution in [0.4, 0.5) is 11.5 Å². The summed E-state index contributed by atoms with van der Waals surface area (Å²) in [5.41, 5.74) is 7.18. The van der Waals surface area contributed by atoms with Gasteiger partial charge in [0.15, 0.2) is 5.82 Å². The number of anilines is 2. The van der Waals surface area contributed by atoms with E-state index in [9.17, 15) is 4.79 Å². The fourth-order valence-electron chi connectivity index (χ4n) is 1.14. The van der Waals surface area contributed by atoms with Crippen LogP contribution in [0.2, 0.25) is 0 Å². The van der Waals surface area contributed by atoms with Crippen molar-refractivity contribution in [1.82, 2.24) is 4.98 Å². The highest BCUT2D eigenvalue weighted by molar-refractivity contribution is 5.76. The van der Waals surface area contributed by atoms with Gasteiger partial charge in [-0.05, 0) is 18.6 Å². The van der Waals surface area contributed by atoms with Gasteiger partial charge in [-0.2, -0.15) is 0 Å². The third-order valence-electron chi connectivity index (χ3n) is 1.92. The molecule has 1 rings (SSSR count). The minimum atomic E-state index is -0.907. The van der Waals surface area contributed by atoms with E-state index in [0.29, 0.717) is 11.5 Å². The number of aryl methyl sites for hydroxylation is 1. The zero-order chi connectivity index (χ0) is 10.7. The molecule has 0 amide bonds. The highest BCUT2D eigenvalue weighted by atomic mass is 16.4. The molecule has 0 bridgehead atoms. The van der Waals surface area contributed by atoms with Gasteiger partial charge in [0.05, 0.1) is 5.69 Å². The summed E-state index contributed by atoms with van der Waals surface area (Å²) < 4.78 is 0. The first-order valence-electron chi connectivity index (χ1n) is 4.16. The third-order valence-corrected chi connectivity index (χ3v) is 1.92. The highest BCUT2D eigenvalue weighted by Crippen LogP contribution is 2.21. The Kier molecular flexibility index (Phi) is 2.91. The van der Waals surface area contributed by atoms with E-state index >= 15 is 0 Å². The first kappa shape index (κ1) is 10.3. The number of carbonyl (C=O) groups is 1. The average Bonchev–Trinajstić information content (AvgIpc) is 2.08. The lowest BCUT2D eigenvalue weighted by atomic mass is 10.2. The van der Waals surface area contributed by atoms with Crippen LogP contribution in [-0.4, -0.2) is 29.7 Å². The molecule has 3 N–H and O–H groups in total. The maximum absolute atomic E-state index is 10.5. The van der Waals surface area contributed by atoms with Crippen LogP contribution in [-0.2, 0) is 4.79 Å². The van der Waals surface area contributed by atoms with Gasteiger partial charge in [0.2, 0.25) is 0 Å². The predicted molar refractivity (Wildman–Crippen MR) is 54.3 cm³/mol. The Hall–Kier alpha value is -1.78. The Bertz CT molecular complexity index is 352. The molecule has 0 aliphatic rings. The number of pyridine rings is 1. The number of carboxylic acids is 1. The molecule has 1 aromatic rings. The summed E-state index contributed by atoms with van der Waals surface area (Å²) in [6.45, 7) is 1.75. The van der Waals surface area contributed by atoms with Gasteiger partial charge in [-0.1, -0.05) is 0 Å². The minimum Gasteiger partial charge on any atom is -0.480 e. The molecule has 5 nitrogen and oxygen atoms in total. The summed E-state index contributed by atoms with van der Waals surface area (Å²) in [5.74, 6) is -0.400. The van der Waals surface area contributed by atoms with E-state index in [1.54, 1.807) is 19.3 Å². The lowest BCUT2D eigenvalue weighted by Gasteiger charge is -2.18. The molecule has 0 aromatic carbocycles. The van der Waals surface area contributed by atoms with Gasteiger partial charge in [0, 0.05) is 13.2 Å². The SMILES string of the molecule is Cc1ccnc(N(C)CC(=O)O)c1N. The van der Waals surface area contributed by atoms with Crippen LogP contribution in [0.15, 0.2) is 12.3 Å². The Labute approximate surface area is 82.2 Å². The van der Waals surface area contributed by atoms with Crippen LogP contribution in [0.5, 0.6) is 0 Å². The summed E-state index contributed by atoms with van der Waals surface area (Å²) in [5, 5.41) is 8.60. The second-order valence-corrected chi connectivity index (χ2v) is 3.11. The van der Waals surface area contributed by atoms with Crippen molar-refractivity contribution < 1.29 is 9.90 Å². The third kappa shape index (κ3) is 2.12. The van der Waals surface area contributed by atoms with Crippen LogP contribution in [0.1, 0.15) is 5.56 Å². The van der Waals surface area contributed by atoms with E-state index in [0.717, 1.165) is 5.56 Å². The topological polar surface area (TPSA) is 79.5 Å². The molecular weight excluding hydrogens is 182 g/mol. The second-order valence-electron chi connectivity index (χ2n) is 3.11. The predicted octanol–water partition coefficient (Wildman–Crippen LogP) is 0.493. The Morgan fingerprint density at radius 1 is 1.71 bits per heavy atom. The number of nitrogen functional groups attached to an aromatic ring is 1. The van der Waals surface area contributed by atoms with E-state index in [-0.39, 0.29) is 6.54 Å². The number of nitrogens with zero attached hydrogens (tertiary/aromatic N) is 2. The zero-order valence-corrected chi connectivity index (χ0v) is 8.19. The first-order chi connectivity index (χ1) is 6.52. The molecule has 0 aliphatic heterocycles. The van der Waals surface area contributed by atoms with Crippen molar-refractivity contribution in [3.63, 3.8) is 0 Å². The molecule has 5 heteroatoms. The molecule has 14 heavy (non-hydrogen) atoms. The molecule has 1 heterocycles. The molecule has 0 radical (unpaired) electrons. The number of aromatic nitrogens is 1. The Morgan fingerprint density at radius 2 is 2.36 bits per heavy atom. The summed E-state index contributed by atoms with van der Waals surface area (Å²) in [7, 11) is 1.65. The van der Waals surface area contributed by atoms with Crippen molar-refractivity contribution in [2.75, 3.05) is 24.2 Å². The van der Waals surface area contributed by atoms with Gasteiger partial charge in [-0.15, -0.1) is 0 Å². The van der Waals surface area contributed by atoms with Crippen molar-refractivity contribution in [2.24, 2.45) is 0 Å². The number of hydrogen-bond donors (Lipinski definition) is 2. The number of aliphatic carboxylic acids is 1. The normalized spacial score (nSPS) is 9.86. The molecule has 0 aliphatic carbocycles. The van der Waals surface area contributed by atoms with E-state index < -0.39 is 5.97 Å². The van der Waals surface area contributed by atoms with Crippen molar-refractivity contribution in [1.29, 1.82) is 0 Å². The van der Waals surface area contributed by atoms with Crippen LogP contribution in [0.3, 0.4) is 0 Å². The molecule has 0 atom stereocenters. The maximum Gasteiger partial charge on any atom is 0.323 e. The highest BCUT2D eigenvalue weighted by Gasteiger charge is 2.10. The van der Waals surface area contributed by atoms with E-state index in [1.165, 1.54) is 4.90 Å². The van der Waals surface area contributed by atoms with Crippen LogP contribution < -0.4 is 10.6 Å². The number of likely N-dealkylation sites (N-methyl/N-ethyl adjacent to an activating group) is 1. The van der Waals surface area contributed by atoms with Crippen LogP contribution in [0.25, 0.3) is 0 Å². The zero-order valence-electron chi connectivity index (χ0n) is 8.19. The largest absolute Gasteiger partial charge is 0.480 e. The molecule has 76 valence electrons. The van der Waals surface area contributed by atoms with Gasteiger partial charge < -0.3 is 15.7 Å². The number of rotatable bonds is 3. The average molecular weight is 195 g/mol. The van der Waals surface area contributed by atoms with Crippen molar-refractivity contribution >= 4 is 17.5 Å². The summed E-state index contributed by atoms with van der Waals surface area (Å²) in [6.07, 6.45) is 1.61. The van der Waals surface area contributed by atoms with Crippen LogP contribution >= 0.6 is 0 Å². The quantitative estimate of drug-likeness (QED) is 0.733. The number of nitrogens with two attached hydrogens (primary N) is 1. The van der Waals surface area contributed by atoms with Gasteiger partial charge in [0.1, 0.15) is 6.54 Å². The number of hydrogen-bond acceptors (Lipinski definition) is 4. The Balaban J connectivity index is 2.95. The lowest BCUT2D eigenvalue weighted by Crippen LogP contribution is -2.26. The van der Waals surface area contributed by atoms with Gasteiger partial charge in [-0.3, -0.25) is 4.79 Å². The molecule has 0 saturated heterocycles. The monoisotopic (exact) mass is 195 g/mol. The summed E-state index contributed by atoms with van der Waals surface area (Å²) >= 11 is 0. The second kappa shape index (κ2) is 3.95. The first-order valence-corrected chi connectivity index (χ1v) is 4.16. The van der Waals surface area contributed by atoms with E-state index in [4.69, 9.17) is 10.8 Å². The van der Waals surface area contributed by atoms with Crippen molar-refractivity contribution in [3.05, 3.63) is 17.8 Å². The smallest absolute Gasteiger partial charge is 0.323 e. The molecule has 0 spiro atoms. The van der Waals surface area contributed by atoms with Gasteiger partial charge in [-0.25, -0.2) is 4.98 Å². The molecule has 0 unspecified atom stereocenters. The minimum absolute atomic E-state index is 0.110. The molecular formula is C9H13N3O2. The summed E-state index contributed by atoms with van der Waals surface area (Å²) in [6, 6.07) is 1.79. The Morgan fingerprint density at radius 3 is 2.93 bits per heavy atom. The fourth-order valence-corrected chi connectivity index (χ4v) is 1.14. The van der Waals surface area contributed by atoms with Crippen molar-refractivity contribution in [3.8, 4) is 0 Å². The molecule has 0 fully saturated rings. The molecule has 0 saturated carbocycles. The van der Waals surface area contributed by atoms with Gasteiger partial charge >= 0.3 is 5.97 Å². The number of carboxylic acid groups (broad SMARTS) is 1. The van der Waals surface area contributed by atoms with E-state index in [2.05, 4.69) is 4.98 Å². The standard InChI is InChI=1S/C9H13N3O2/c1-6-3-4-11-9(8(6)10)12(2)5-7(13)14/h3-4H,5,10H2,1-2H3,(H,13,14).